The molecular formula is H14N6ORh-6. The number of nitrogens with two attached hydrogens (primary N) is 6. The van der Waals surface area contributed by atoms with Gasteiger partial charge in [0.25, 0.3) is 0 Å². The molecular weight excluding hydrogens is 203 g/mol. The Hall–Kier alpha value is 0.343. The van der Waals surface area contributed by atoms with Crippen LogP contribution in [0.5, 0.6) is 0 Å². The summed E-state index contributed by atoms with van der Waals surface area (Å²) in [6, 6.07) is 0. The molecule has 1 radical (unpaired) electrons. The van der Waals surface area contributed by atoms with Gasteiger partial charge in [0.2, 0.25) is 0 Å². The molecule has 0 saturated carbocycles. The molecule has 0 heterocycles. The molecule has 0 atom stereocenters. The van der Waals surface area contributed by atoms with Crippen molar-refractivity contribution in [3.63, 3.8) is 0 Å². The Morgan fingerprint density at radius 2 is 0.375 bits per heavy atom. The van der Waals surface area contributed by atoms with Gasteiger partial charge in [-0.25, -0.2) is 0 Å². The predicted molar refractivity (Wildman–Crippen MR) is 35.3 cm³/mol. The number of hydrogen-bond donors (Lipinski definition) is 0. The fourth-order valence-electron chi connectivity index (χ4n) is 0. The van der Waals surface area contributed by atoms with E-state index in [2.05, 4.69) is 0 Å². The molecule has 0 spiro atoms. The van der Waals surface area contributed by atoms with E-state index in [-0.39, 0.29) is 61.9 Å². The van der Waals surface area contributed by atoms with Crippen molar-refractivity contribution in [1.29, 1.82) is 0 Å². The van der Waals surface area contributed by atoms with Crippen molar-refractivity contribution < 1.29 is 25.0 Å². The average Bonchev–Trinajstić information content (AvgIpc) is 0. The Morgan fingerprint density at radius 1 is 0.375 bits per heavy atom. The van der Waals surface area contributed by atoms with Crippen LogP contribution in [0.1, 0.15) is 0 Å². The summed E-state index contributed by atoms with van der Waals surface area (Å²) in [5.74, 6) is 0. The first-order valence-electron chi connectivity index (χ1n) is 0. The first kappa shape index (κ1) is 3820. The van der Waals surface area contributed by atoms with E-state index in [1.807, 2.05) is 0 Å². The van der Waals surface area contributed by atoms with Crippen molar-refractivity contribution in [2.45, 2.75) is 0 Å². The zero-order valence-corrected chi connectivity index (χ0v) is 5.94. The largest absolute Gasteiger partial charge is 0.693 e. The third-order valence-electron chi connectivity index (χ3n) is 0. The zero-order chi connectivity index (χ0) is 0. The maximum Gasteiger partial charge on any atom is 0 e. The summed E-state index contributed by atoms with van der Waals surface area (Å²) in [4.78, 5) is 0. The smallest absolute Gasteiger partial charge is 0 e. The predicted octanol–water partition coefficient (Wildman–Crippen LogP) is 3.48. The summed E-state index contributed by atoms with van der Waals surface area (Å²) in [5, 5.41) is 0. The van der Waals surface area contributed by atoms with E-state index in [1.54, 1.807) is 0 Å². The summed E-state index contributed by atoms with van der Waals surface area (Å²) in [5.41, 5.74) is 0. The topological polar surface area (TPSA) is 232 Å². The van der Waals surface area contributed by atoms with Crippen LogP contribution >= 0.6 is 0 Å². The Kier molecular flexibility index (Phi) is 1200000. The van der Waals surface area contributed by atoms with Crippen molar-refractivity contribution in [3.05, 3.63) is 36.9 Å². The fourth-order valence-corrected chi connectivity index (χ4v) is 0. The Morgan fingerprint density at radius 3 is 0.375 bits per heavy atom. The van der Waals surface area contributed by atoms with Gasteiger partial charge in [-0.1, -0.05) is 0 Å². The second-order valence-corrected chi connectivity index (χ2v) is 0. The maximum absolute atomic E-state index is 0. The third-order valence-corrected chi connectivity index (χ3v) is 0. The summed E-state index contributed by atoms with van der Waals surface area (Å²) in [6.07, 6.45) is 0. The second kappa shape index (κ2) is 2510. The molecule has 0 aliphatic heterocycles. The van der Waals surface area contributed by atoms with Crippen LogP contribution in [0, 0.1) is 0 Å². The van der Waals surface area contributed by atoms with Crippen LogP contribution in [0.15, 0.2) is 0 Å². The van der Waals surface area contributed by atoms with Crippen LogP contribution in [0.25, 0.3) is 36.9 Å². The van der Waals surface area contributed by atoms with E-state index < -0.39 is 0 Å². The van der Waals surface area contributed by atoms with Crippen molar-refractivity contribution in [2.24, 2.45) is 0 Å². The molecule has 0 aromatic rings. The minimum Gasteiger partial charge on any atom is -0.693 e. The maximum atomic E-state index is 0. The van der Waals surface area contributed by atoms with Crippen LogP contribution in [-0.2, 0) is 19.5 Å². The quantitative estimate of drug-likeness (QED) is 0.529. The molecule has 0 aliphatic rings. The van der Waals surface area contributed by atoms with Gasteiger partial charge < -0.3 is 42.4 Å². The first-order valence-corrected chi connectivity index (χ1v) is 0. The minimum absolute atomic E-state index is 0. The molecule has 8 heteroatoms. The van der Waals surface area contributed by atoms with Gasteiger partial charge in [-0.3, -0.25) is 0 Å². The van der Waals surface area contributed by atoms with Crippen molar-refractivity contribution in [2.75, 3.05) is 0 Å². The van der Waals surface area contributed by atoms with E-state index >= 15 is 0 Å². The third kappa shape index (κ3) is 1540. The molecule has 7 nitrogen and oxygen atoms in total. The van der Waals surface area contributed by atoms with Crippen LogP contribution in [0.3, 0.4) is 0 Å². The summed E-state index contributed by atoms with van der Waals surface area (Å²) in [6.45, 7) is 0. The van der Waals surface area contributed by atoms with Crippen LogP contribution in [0.4, 0.5) is 0 Å². The van der Waals surface area contributed by atoms with E-state index in [4.69, 9.17) is 0 Å². The van der Waals surface area contributed by atoms with Gasteiger partial charge in [-0.2, -0.15) is 0 Å². The standard InChI is InChI=1S/6H2N.H2O.Rh/h7*1H2;/q6*-1;;. The van der Waals surface area contributed by atoms with Gasteiger partial charge in [0.1, 0.15) is 0 Å². The molecule has 65 valence electrons. The number of hydrogen-bond acceptors (Lipinski definition) is 0. The van der Waals surface area contributed by atoms with Crippen LogP contribution in [-0.4, -0.2) is 5.48 Å². The average molecular weight is 217 g/mol. The Bertz CT molecular complexity index is 8.49. The zero-order valence-electron chi connectivity index (χ0n) is 4.30. The van der Waals surface area contributed by atoms with Crippen molar-refractivity contribution in [1.82, 2.24) is 0 Å². The van der Waals surface area contributed by atoms with E-state index in [0.29, 0.717) is 0 Å². The van der Waals surface area contributed by atoms with Gasteiger partial charge in [-0.15, -0.1) is 0 Å². The second-order valence-electron chi connectivity index (χ2n) is 0. The first-order chi connectivity index (χ1) is 0. The van der Waals surface area contributed by atoms with E-state index in [1.165, 1.54) is 0 Å². The molecule has 0 bridgehead atoms. The molecule has 0 aliphatic carbocycles. The molecule has 0 aromatic carbocycles. The summed E-state index contributed by atoms with van der Waals surface area (Å²) in [7, 11) is 0. The number of rotatable bonds is 0. The molecule has 0 rings (SSSR count). The molecule has 0 unspecified atom stereocenters. The van der Waals surface area contributed by atoms with E-state index in [0.717, 1.165) is 0 Å². The van der Waals surface area contributed by atoms with Gasteiger partial charge in [0, 0.05) is 19.5 Å². The molecule has 0 fully saturated rings. The molecule has 0 saturated heterocycles. The summed E-state index contributed by atoms with van der Waals surface area (Å²) < 4.78 is 0. The Balaban J connectivity index is 0. The summed E-state index contributed by atoms with van der Waals surface area (Å²) >= 11 is 0. The van der Waals surface area contributed by atoms with E-state index in [9.17, 15) is 0 Å². The Labute approximate surface area is 62.5 Å². The molecule has 0 aromatic heterocycles. The molecule has 8 heavy (non-hydrogen) atoms. The molecule has 14 N–H and O–H groups in total. The minimum atomic E-state index is 0. The normalized spacial score (nSPS) is 0. The van der Waals surface area contributed by atoms with Gasteiger partial charge in [0.15, 0.2) is 0 Å². The van der Waals surface area contributed by atoms with Crippen LogP contribution in [0.2, 0.25) is 0 Å². The van der Waals surface area contributed by atoms with Crippen LogP contribution < -0.4 is 0 Å². The van der Waals surface area contributed by atoms with Gasteiger partial charge >= 0.3 is 0 Å². The van der Waals surface area contributed by atoms with Crippen molar-refractivity contribution in [3.8, 4) is 0 Å². The monoisotopic (exact) mass is 217 g/mol. The molecule has 0 amide bonds. The van der Waals surface area contributed by atoms with Gasteiger partial charge in [-0.05, 0) is 0 Å². The van der Waals surface area contributed by atoms with Crippen molar-refractivity contribution >= 4 is 0 Å². The fraction of sp³-hybridized carbons (Fsp3) is 0. The van der Waals surface area contributed by atoms with Gasteiger partial charge in [0.05, 0.1) is 0 Å². The SMILES string of the molecule is O.[NH2-].[NH2-].[NH2-].[NH2-].[NH2-].[NH2-].[Rh].